The highest BCUT2D eigenvalue weighted by Gasteiger charge is 2.16. The van der Waals surface area contributed by atoms with E-state index in [2.05, 4.69) is 16.0 Å². The molecule has 0 bridgehead atoms. The average Bonchev–Trinajstić information content (AvgIpc) is 3.05. The molecule has 0 saturated carbocycles. The van der Waals surface area contributed by atoms with E-state index in [1.807, 2.05) is 24.3 Å². The maximum absolute atomic E-state index is 11.6. The van der Waals surface area contributed by atoms with Gasteiger partial charge in [-0.25, -0.2) is 4.79 Å². The third-order valence-electron chi connectivity index (χ3n) is 3.34. The predicted octanol–water partition coefficient (Wildman–Crippen LogP) is 1.50. The Morgan fingerprint density at radius 2 is 2.26 bits per heavy atom. The number of anilines is 1. The molecule has 7 nitrogen and oxygen atoms in total. The smallest absolute Gasteiger partial charge is 0.321 e. The van der Waals surface area contributed by atoms with Crippen LogP contribution in [0.4, 0.5) is 10.5 Å². The number of rotatable bonds is 7. The molecule has 2 rings (SSSR count). The van der Waals surface area contributed by atoms with Crippen molar-refractivity contribution >= 4 is 17.6 Å². The van der Waals surface area contributed by atoms with Crippen LogP contribution < -0.4 is 20.7 Å². The second kappa shape index (κ2) is 8.99. The lowest BCUT2D eigenvalue weighted by molar-refractivity contribution is -0.118. The van der Waals surface area contributed by atoms with E-state index in [0.717, 1.165) is 30.9 Å². The summed E-state index contributed by atoms with van der Waals surface area (Å²) in [5, 5.41) is 7.68. The molecule has 7 heteroatoms. The number of hydrogen-bond acceptors (Lipinski definition) is 5. The van der Waals surface area contributed by atoms with Crippen molar-refractivity contribution in [2.75, 3.05) is 31.6 Å². The minimum Gasteiger partial charge on any atom is -0.491 e. The Bertz CT molecular complexity index is 530. The van der Waals surface area contributed by atoms with E-state index in [0.29, 0.717) is 13.2 Å². The summed E-state index contributed by atoms with van der Waals surface area (Å²) in [7, 11) is 0. The van der Waals surface area contributed by atoms with E-state index in [1.54, 1.807) is 6.92 Å². The first-order chi connectivity index (χ1) is 11.2. The maximum Gasteiger partial charge on any atom is 0.321 e. The van der Waals surface area contributed by atoms with E-state index in [9.17, 15) is 9.59 Å². The predicted molar refractivity (Wildman–Crippen MR) is 86.6 cm³/mol. The monoisotopic (exact) mass is 321 g/mol. The Hall–Kier alpha value is -2.28. The van der Waals surface area contributed by atoms with Gasteiger partial charge in [-0.05, 0) is 31.9 Å². The minimum absolute atomic E-state index is 0.00627. The van der Waals surface area contributed by atoms with Crippen LogP contribution in [-0.2, 0) is 9.53 Å². The van der Waals surface area contributed by atoms with Crippen LogP contribution in [0.3, 0.4) is 0 Å². The zero-order chi connectivity index (χ0) is 16.5. The van der Waals surface area contributed by atoms with Crippen molar-refractivity contribution in [2.45, 2.75) is 25.9 Å². The molecule has 1 saturated heterocycles. The molecule has 1 aromatic carbocycles. The van der Waals surface area contributed by atoms with E-state index in [-0.39, 0.29) is 12.6 Å². The molecule has 1 fully saturated rings. The van der Waals surface area contributed by atoms with E-state index < -0.39 is 11.9 Å². The lowest BCUT2D eigenvalue weighted by Crippen LogP contribution is -2.41. The molecule has 3 N–H and O–H groups in total. The molecular formula is C16H23N3O4. The van der Waals surface area contributed by atoms with Gasteiger partial charge in [0.2, 0.25) is 5.91 Å². The van der Waals surface area contributed by atoms with Gasteiger partial charge in [0.05, 0.1) is 12.6 Å². The molecule has 3 amide bonds. The highest BCUT2D eigenvalue weighted by Crippen LogP contribution is 2.19. The fourth-order valence-corrected chi connectivity index (χ4v) is 2.22. The summed E-state index contributed by atoms with van der Waals surface area (Å²) in [5.41, 5.74) is 0.751. The Balaban J connectivity index is 1.75. The average molecular weight is 321 g/mol. The Kier molecular flexibility index (Phi) is 6.68. The number of urea groups is 1. The molecule has 0 aliphatic carbocycles. The topological polar surface area (TPSA) is 88.7 Å². The van der Waals surface area contributed by atoms with Gasteiger partial charge in [-0.2, -0.15) is 0 Å². The second-order valence-corrected chi connectivity index (χ2v) is 5.24. The second-order valence-electron chi connectivity index (χ2n) is 5.24. The lowest BCUT2D eigenvalue weighted by Gasteiger charge is -2.13. The number of benzene rings is 1. The Labute approximate surface area is 135 Å². The summed E-state index contributed by atoms with van der Waals surface area (Å²) in [6.07, 6.45) is 2.27. The third kappa shape index (κ3) is 6.15. The standard InChI is InChI=1S/C16H23N3O4/c1-2-17-16(21)19-15(20)10-18-12-5-3-6-13(9-12)23-11-14-7-4-8-22-14/h3,5-6,9,14,18H,2,4,7-8,10-11H2,1H3,(H2,17,19,20,21)/t14-/m1/s1. The number of nitrogens with one attached hydrogen (secondary N) is 3. The summed E-state index contributed by atoms with van der Waals surface area (Å²) in [4.78, 5) is 22.8. The largest absolute Gasteiger partial charge is 0.491 e. The van der Waals surface area contributed by atoms with E-state index in [4.69, 9.17) is 9.47 Å². The molecule has 1 aromatic rings. The molecule has 126 valence electrons. The lowest BCUT2D eigenvalue weighted by atomic mass is 10.2. The van der Waals surface area contributed by atoms with Gasteiger partial charge in [-0.3, -0.25) is 10.1 Å². The summed E-state index contributed by atoms with van der Waals surface area (Å²) in [6.45, 7) is 3.59. The molecule has 0 unspecified atom stereocenters. The number of hydrogen-bond donors (Lipinski definition) is 3. The molecule has 1 atom stereocenters. The maximum atomic E-state index is 11.6. The van der Waals surface area contributed by atoms with Crippen molar-refractivity contribution in [3.8, 4) is 5.75 Å². The van der Waals surface area contributed by atoms with Crippen LogP contribution in [0.25, 0.3) is 0 Å². The van der Waals surface area contributed by atoms with Crippen molar-refractivity contribution in [3.05, 3.63) is 24.3 Å². The molecule has 1 aliphatic heterocycles. The van der Waals surface area contributed by atoms with Crippen molar-refractivity contribution in [1.29, 1.82) is 0 Å². The summed E-state index contributed by atoms with van der Waals surface area (Å²) >= 11 is 0. The van der Waals surface area contributed by atoms with Crippen LogP contribution in [0, 0.1) is 0 Å². The summed E-state index contributed by atoms with van der Waals surface area (Å²) in [6, 6.07) is 6.85. The molecular weight excluding hydrogens is 298 g/mol. The van der Waals surface area contributed by atoms with Gasteiger partial charge in [0.25, 0.3) is 0 Å². The normalized spacial score (nSPS) is 16.7. The van der Waals surface area contributed by atoms with Gasteiger partial charge in [0.1, 0.15) is 12.4 Å². The van der Waals surface area contributed by atoms with Gasteiger partial charge in [0, 0.05) is 24.9 Å². The minimum atomic E-state index is -0.493. The zero-order valence-corrected chi connectivity index (χ0v) is 13.3. The number of amides is 3. The van der Waals surface area contributed by atoms with Gasteiger partial charge >= 0.3 is 6.03 Å². The summed E-state index contributed by atoms with van der Waals surface area (Å²) in [5.74, 6) is 0.316. The fraction of sp³-hybridized carbons (Fsp3) is 0.500. The first-order valence-corrected chi connectivity index (χ1v) is 7.83. The Morgan fingerprint density at radius 3 is 3.00 bits per heavy atom. The highest BCUT2D eigenvalue weighted by atomic mass is 16.5. The van der Waals surface area contributed by atoms with Gasteiger partial charge in [-0.15, -0.1) is 0 Å². The molecule has 1 heterocycles. The quantitative estimate of drug-likeness (QED) is 0.708. The number of ether oxygens (including phenoxy) is 2. The van der Waals surface area contributed by atoms with Crippen LogP contribution >= 0.6 is 0 Å². The van der Waals surface area contributed by atoms with Crippen LogP contribution in [0.2, 0.25) is 0 Å². The third-order valence-corrected chi connectivity index (χ3v) is 3.34. The van der Waals surface area contributed by atoms with Crippen molar-refractivity contribution in [2.24, 2.45) is 0 Å². The van der Waals surface area contributed by atoms with Gasteiger partial charge in [0.15, 0.2) is 0 Å². The molecule has 0 aromatic heterocycles. The molecule has 0 spiro atoms. The van der Waals surface area contributed by atoms with Crippen LogP contribution in [0.5, 0.6) is 5.75 Å². The van der Waals surface area contributed by atoms with E-state index >= 15 is 0 Å². The van der Waals surface area contributed by atoms with Crippen LogP contribution in [0.15, 0.2) is 24.3 Å². The van der Waals surface area contributed by atoms with Gasteiger partial charge in [-0.1, -0.05) is 6.07 Å². The summed E-state index contributed by atoms with van der Waals surface area (Å²) < 4.78 is 11.2. The first-order valence-electron chi connectivity index (χ1n) is 7.83. The Morgan fingerprint density at radius 1 is 1.39 bits per heavy atom. The number of imide groups is 1. The van der Waals surface area contributed by atoms with Crippen molar-refractivity contribution < 1.29 is 19.1 Å². The highest BCUT2D eigenvalue weighted by molar-refractivity contribution is 5.96. The van der Waals surface area contributed by atoms with Crippen molar-refractivity contribution in [1.82, 2.24) is 10.6 Å². The van der Waals surface area contributed by atoms with Crippen LogP contribution in [0.1, 0.15) is 19.8 Å². The van der Waals surface area contributed by atoms with Gasteiger partial charge < -0.3 is 20.1 Å². The zero-order valence-electron chi connectivity index (χ0n) is 13.3. The molecule has 23 heavy (non-hydrogen) atoms. The van der Waals surface area contributed by atoms with Crippen molar-refractivity contribution in [3.63, 3.8) is 0 Å². The fourth-order valence-electron chi connectivity index (χ4n) is 2.22. The number of carbonyl (C=O) groups excluding carboxylic acids is 2. The molecule has 1 aliphatic rings. The SMILES string of the molecule is CCNC(=O)NC(=O)CNc1cccc(OC[C@H]2CCCO2)c1. The van der Waals surface area contributed by atoms with Crippen LogP contribution in [-0.4, -0.2) is 44.3 Å². The first kappa shape index (κ1) is 17.1. The number of carbonyl (C=O) groups is 2. The van der Waals surface area contributed by atoms with E-state index in [1.165, 1.54) is 0 Å². The molecule has 0 radical (unpaired) electrons.